The van der Waals surface area contributed by atoms with E-state index in [0.29, 0.717) is 13.0 Å². The van der Waals surface area contributed by atoms with E-state index in [0.717, 1.165) is 32.1 Å². The van der Waals surface area contributed by atoms with Gasteiger partial charge in [-0.05, 0) is 25.8 Å². The zero-order chi connectivity index (χ0) is 13.6. The van der Waals surface area contributed by atoms with Crippen LogP contribution in [-0.4, -0.2) is 29.1 Å². The molecule has 0 aromatic heterocycles. The summed E-state index contributed by atoms with van der Waals surface area (Å²) < 4.78 is 0. The summed E-state index contributed by atoms with van der Waals surface area (Å²) in [6.45, 7) is 2.31. The third-order valence-corrected chi connectivity index (χ3v) is 3.74. The molecule has 5 nitrogen and oxygen atoms in total. The number of nitrogens with two attached hydrogens (primary N) is 1. The molecule has 1 aliphatic rings. The van der Waals surface area contributed by atoms with Gasteiger partial charge in [0, 0.05) is 5.92 Å². The van der Waals surface area contributed by atoms with Crippen LogP contribution < -0.4 is 11.1 Å². The average Bonchev–Trinajstić information content (AvgIpc) is 2.29. The zero-order valence-electron chi connectivity index (χ0n) is 11.1. The second-order valence-corrected chi connectivity index (χ2v) is 5.38. The summed E-state index contributed by atoms with van der Waals surface area (Å²) >= 11 is 0. The molecule has 1 rings (SSSR count). The third-order valence-electron chi connectivity index (χ3n) is 3.74. The number of hydrogen-bond acceptors (Lipinski definition) is 3. The molecule has 18 heavy (non-hydrogen) atoms. The van der Waals surface area contributed by atoms with Crippen molar-refractivity contribution in [3.63, 3.8) is 0 Å². The third kappa shape index (κ3) is 4.29. The first-order chi connectivity index (χ1) is 8.49. The van der Waals surface area contributed by atoms with E-state index in [4.69, 9.17) is 10.8 Å². The van der Waals surface area contributed by atoms with Gasteiger partial charge in [-0.15, -0.1) is 0 Å². The van der Waals surface area contributed by atoms with Gasteiger partial charge in [-0.2, -0.15) is 0 Å². The molecule has 5 heteroatoms. The van der Waals surface area contributed by atoms with Gasteiger partial charge in [0.2, 0.25) is 5.91 Å². The number of amides is 1. The first kappa shape index (κ1) is 15.0. The Morgan fingerprint density at radius 2 is 1.94 bits per heavy atom. The van der Waals surface area contributed by atoms with Crippen molar-refractivity contribution in [1.82, 2.24) is 5.32 Å². The minimum Gasteiger partial charge on any atom is -0.481 e. The Bertz CT molecular complexity index is 299. The summed E-state index contributed by atoms with van der Waals surface area (Å²) in [6.07, 6.45) is 5.27. The Kier molecular flexibility index (Phi) is 5.59. The molecule has 0 bridgehead atoms. The van der Waals surface area contributed by atoms with Gasteiger partial charge < -0.3 is 16.2 Å². The van der Waals surface area contributed by atoms with Gasteiger partial charge in [0.15, 0.2) is 0 Å². The lowest BCUT2D eigenvalue weighted by Crippen LogP contribution is -2.52. The SMILES string of the molecule is CC(CCN)C(=O)NC1(CC(=O)O)CCCCC1. The van der Waals surface area contributed by atoms with Crippen molar-refractivity contribution in [3.05, 3.63) is 0 Å². The maximum atomic E-state index is 12.0. The van der Waals surface area contributed by atoms with Gasteiger partial charge >= 0.3 is 5.97 Å². The molecular weight excluding hydrogens is 232 g/mol. The van der Waals surface area contributed by atoms with Crippen molar-refractivity contribution >= 4 is 11.9 Å². The van der Waals surface area contributed by atoms with Crippen molar-refractivity contribution in [2.45, 2.75) is 57.4 Å². The molecule has 0 aliphatic heterocycles. The lowest BCUT2D eigenvalue weighted by atomic mass is 9.79. The lowest BCUT2D eigenvalue weighted by molar-refractivity contribution is -0.140. The normalized spacial score (nSPS) is 20.1. The standard InChI is InChI=1S/C13H24N2O3/c1-10(5-8-14)12(18)15-13(9-11(16)17)6-3-2-4-7-13/h10H,2-9,14H2,1H3,(H,15,18)(H,16,17). The van der Waals surface area contributed by atoms with Gasteiger partial charge in [0.25, 0.3) is 0 Å². The molecule has 104 valence electrons. The summed E-state index contributed by atoms with van der Waals surface area (Å²) in [7, 11) is 0. The summed E-state index contributed by atoms with van der Waals surface area (Å²) in [4.78, 5) is 23.0. The largest absolute Gasteiger partial charge is 0.481 e. The Labute approximate surface area is 108 Å². The molecule has 0 heterocycles. The predicted octanol–water partition coefficient (Wildman–Crippen LogP) is 1.27. The summed E-state index contributed by atoms with van der Waals surface area (Å²) in [6, 6.07) is 0. The Morgan fingerprint density at radius 1 is 1.33 bits per heavy atom. The van der Waals surface area contributed by atoms with E-state index in [9.17, 15) is 9.59 Å². The number of rotatable bonds is 6. The summed E-state index contributed by atoms with van der Waals surface area (Å²) in [5, 5.41) is 12.0. The first-order valence-corrected chi connectivity index (χ1v) is 6.73. The molecule has 1 amide bonds. The molecule has 1 unspecified atom stereocenters. The monoisotopic (exact) mass is 256 g/mol. The van der Waals surface area contributed by atoms with Crippen LogP contribution >= 0.6 is 0 Å². The van der Waals surface area contributed by atoms with Gasteiger partial charge in [-0.25, -0.2) is 0 Å². The van der Waals surface area contributed by atoms with E-state index in [2.05, 4.69) is 5.32 Å². The number of carboxylic acid groups (broad SMARTS) is 1. The van der Waals surface area contributed by atoms with Crippen LogP contribution in [0, 0.1) is 5.92 Å². The van der Waals surface area contributed by atoms with Crippen LogP contribution in [0.4, 0.5) is 0 Å². The van der Waals surface area contributed by atoms with Crippen LogP contribution in [0.15, 0.2) is 0 Å². The van der Waals surface area contributed by atoms with Crippen molar-refractivity contribution < 1.29 is 14.7 Å². The number of hydrogen-bond donors (Lipinski definition) is 3. The topological polar surface area (TPSA) is 92.4 Å². The second kappa shape index (κ2) is 6.73. The van der Waals surface area contributed by atoms with E-state index >= 15 is 0 Å². The van der Waals surface area contributed by atoms with Crippen molar-refractivity contribution in [2.75, 3.05) is 6.54 Å². The first-order valence-electron chi connectivity index (χ1n) is 6.73. The molecule has 0 saturated heterocycles. The molecule has 1 atom stereocenters. The van der Waals surface area contributed by atoms with Crippen LogP contribution in [0.25, 0.3) is 0 Å². The van der Waals surface area contributed by atoms with Crippen molar-refractivity contribution in [1.29, 1.82) is 0 Å². The maximum absolute atomic E-state index is 12.0. The Hall–Kier alpha value is -1.10. The average molecular weight is 256 g/mol. The molecular formula is C13H24N2O3. The molecule has 4 N–H and O–H groups in total. The zero-order valence-corrected chi connectivity index (χ0v) is 11.1. The molecule has 0 radical (unpaired) electrons. The van der Waals surface area contributed by atoms with Gasteiger partial charge in [0.05, 0.1) is 12.0 Å². The van der Waals surface area contributed by atoms with E-state index < -0.39 is 11.5 Å². The van der Waals surface area contributed by atoms with E-state index in [1.165, 1.54) is 0 Å². The quantitative estimate of drug-likeness (QED) is 0.667. The molecule has 0 spiro atoms. The van der Waals surface area contributed by atoms with Crippen LogP contribution in [0.5, 0.6) is 0 Å². The fourth-order valence-corrected chi connectivity index (χ4v) is 2.63. The fourth-order valence-electron chi connectivity index (χ4n) is 2.63. The van der Waals surface area contributed by atoms with Crippen molar-refractivity contribution in [3.8, 4) is 0 Å². The van der Waals surface area contributed by atoms with Crippen LogP contribution in [0.3, 0.4) is 0 Å². The Balaban J connectivity index is 2.66. The molecule has 1 saturated carbocycles. The highest BCUT2D eigenvalue weighted by Gasteiger charge is 2.36. The van der Waals surface area contributed by atoms with E-state index in [1.54, 1.807) is 0 Å². The van der Waals surface area contributed by atoms with Crippen LogP contribution in [0.1, 0.15) is 51.9 Å². The Morgan fingerprint density at radius 3 is 2.44 bits per heavy atom. The second-order valence-electron chi connectivity index (χ2n) is 5.38. The minimum absolute atomic E-state index is 0.0219. The smallest absolute Gasteiger partial charge is 0.305 e. The number of carboxylic acids is 1. The van der Waals surface area contributed by atoms with Crippen LogP contribution in [-0.2, 0) is 9.59 Å². The highest BCUT2D eigenvalue weighted by molar-refractivity contribution is 5.80. The summed E-state index contributed by atoms with van der Waals surface area (Å²) in [5.41, 5.74) is 4.90. The van der Waals surface area contributed by atoms with E-state index in [1.807, 2.05) is 6.92 Å². The number of carbonyl (C=O) groups is 2. The fraction of sp³-hybridized carbons (Fsp3) is 0.846. The number of carbonyl (C=O) groups excluding carboxylic acids is 1. The van der Waals surface area contributed by atoms with E-state index in [-0.39, 0.29) is 18.2 Å². The number of nitrogens with one attached hydrogen (secondary N) is 1. The highest BCUT2D eigenvalue weighted by Crippen LogP contribution is 2.31. The minimum atomic E-state index is -0.844. The van der Waals surface area contributed by atoms with Crippen molar-refractivity contribution in [2.24, 2.45) is 11.7 Å². The molecule has 1 aliphatic carbocycles. The maximum Gasteiger partial charge on any atom is 0.305 e. The van der Waals surface area contributed by atoms with Gasteiger partial charge in [-0.1, -0.05) is 26.2 Å². The molecule has 1 fully saturated rings. The number of aliphatic carboxylic acids is 1. The molecule has 0 aromatic rings. The lowest BCUT2D eigenvalue weighted by Gasteiger charge is -2.37. The van der Waals surface area contributed by atoms with Crippen LogP contribution in [0.2, 0.25) is 0 Å². The molecule has 0 aromatic carbocycles. The summed E-state index contributed by atoms with van der Waals surface area (Å²) in [5.74, 6) is -1.06. The predicted molar refractivity (Wildman–Crippen MR) is 69.0 cm³/mol. The van der Waals surface area contributed by atoms with Gasteiger partial charge in [-0.3, -0.25) is 9.59 Å². The van der Waals surface area contributed by atoms with Gasteiger partial charge in [0.1, 0.15) is 0 Å². The highest BCUT2D eigenvalue weighted by atomic mass is 16.4.